The third-order valence-electron chi connectivity index (χ3n) is 5.02. The summed E-state index contributed by atoms with van der Waals surface area (Å²) in [5, 5.41) is 14.0. The van der Waals surface area contributed by atoms with Crippen LogP contribution in [0, 0.1) is 0 Å². The lowest BCUT2D eigenvalue weighted by atomic mass is 10.1. The van der Waals surface area contributed by atoms with Crippen molar-refractivity contribution in [1.82, 2.24) is 14.8 Å². The first-order valence-corrected chi connectivity index (χ1v) is 11.6. The molecule has 3 aromatic rings. The van der Waals surface area contributed by atoms with Crippen molar-refractivity contribution in [2.75, 3.05) is 11.1 Å². The Kier molecular flexibility index (Phi) is 6.58. The largest absolute Gasteiger partial charge is 0.324 e. The van der Waals surface area contributed by atoms with Crippen LogP contribution in [-0.2, 0) is 11.3 Å². The summed E-state index contributed by atoms with van der Waals surface area (Å²) in [6, 6.07) is 12.9. The number of anilines is 1. The molecule has 0 saturated heterocycles. The Bertz CT molecular complexity index is 1070. The molecule has 1 heterocycles. The van der Waals surface area contributed by atoms with Gasteiger partial charge in [0, 0.05) is 22.5 Å². The predicted octanol–water partition coefficient (Wildman–Crippen LogP) is 6.26. The minimum atomic E-state index is -0.179. The predicted molar refractivity (Wildman–Crippen MR) is 123 cm³/mol. The van der Waals surface area contributed by atoms with Gasteiger partial charge >= 0.3 is 0 Å². The molecular weight excluding hydrogens is 463 g/mol. The number of amides is 1. The molecule has 0 spiro atoms. The van der Waals surface area contributed by atoms with Crippen molar-refractivity contribution in [3.05, 3.63) is 68.9 Å². The van der Waals surface area contributed by atoms with E-state index < -0.39 is 0 Å². The maximum atomic E-state index is 12.4. The van der Waals surface area contributed by atoms with Crippen LogP contribution in [0.4, 0.5) is 5.69 Å². The second kappa shape index (κ2) is 9.18. The van der Waals surface area contributed by atoms with Gasteiger partial charge in [0.25, 0.3) is 0 Å². The molecule has 1 aromatic heterocycles. The summed E-state index contributed by atoms with van der Waals surface area (Å²) in [7, 11) is 0. The molecule has 2 atom stereocenters. The maximum Gasteiger partial charge on any atom is 0.234 e. The number of nitrogens with one attached hydrogen (secondary N) is 1. The fourth-order valence-electron chi connectivity index (χ4n) is 3.45. The number of carbonyl (C=O) groups is 1. The lowest BCUT2D eigenvalue weighted by Crippen LogP contribution is -2.15. The summed E-state index contributed by atoms with van der Waals surface area (Å²) < 4.78 is 2.09. The van der Waals surface area contributed by atoms with Gasteiger partial charge in [0.15, 0.2) is 5.16 Å². The number of nitrogens with zero attached hydrogens (tertiary/aromatic N) is 3. The lowest BCUT2D eigenvalue weighted by Gasteiger charge is -2.09. The monoisotopic (exact) mass is 480 g/mol. The number of hydrogen-bond acceptors (Lipinski definition) is 4. The highest BCUT2D eigenvalue weighted by molar-refractivity contribution is 7.99. The fraction of sp³-hybridized carbons (Fsp3) is 0.286. The molecule has 1 saturated carbocycles. The number of hydrogen-bond donors (Lipinski definition) is 1. The van der Waals surface area contributed by atoms with E-state index in [2.05, 4.69) is 39.1 Å². The van der Waals surface area contributed by atoms with E-state index in [4.69, 9.17) is 34.8 Å². The highest BCUT2D eigenvalue weighted by Gasteiger charge is 2.43. The van der Waals surface area contributed by atoms with Gasteiger partial charge in [-0.1, -0.05) is 58.7 Å². The second-order valence-electron chi connectivity index (χ2n) is 7.05. The first kappa shape index (κ1) is 21.5. The van der Waals surface area contributed by atoms with Gasteiger partial charge in [0.1, 0.15) is 5.82 Å². The van der Waals surface area contributed by atoms with E-state index in [1.165, 1.54) is 17.3 Å². The molecule has 4 rings (SSSR count). The summed E-state index contributed by atoms with van der Waals surface area (Å²) >= 11 is 19.4. The van der Waals surface area contributed by atoms with E-state index in [1.54, 1.807) is 18.2 Å². The number of rotatable bonds is 7. The average molecular weight is 482 g/mol. The Morgan fingerprint density at radius 1 is 1.10 bits per heavy atom. The summed E-state index contributed by atoms with van der Waals surface area (Å²) in [6.07, 6.45) is 1.04. The fourth-order valence-corrected chi connectivity index (χ4v) is 4.72. The van der Waals surface area contributed by atoms with Gasteiger partial charge in [0.05, 0.1) is 16.5 Å². The third kappa shape index (κ3) is 4.78. The molecule has 0 aliphatic heterocycles. The minimum absolute atomic E-state index is 0.179. The second-order valence-corrected chi connectivity index (χ2v) is 9.27. The van der Waals surface area contributed by atoms with Gasteiger partial charge in [-0.25, -0.2) is 0 Å². The van der Waals surface area contributed by atoms with E-state index in [0.717, 1.165) is 29.0 Å². The molecule has 156 valence electrons. The normalized spacial score (nSPS) is 17.7. The smallest absolute Gasteiger partial charge is 0.234 e. The van der Waals surface area contributed by atoms with E-state index in [-0.39, 0.29) is 11.7 Å². The van der Waals surface area contributed by atoms with Gasteiger partial charge in [-0.2, -0.15) is 0 Å². The Balaban J connectivity index is 1.40. The van der Waals surface area contributed by atoms with Crippen LogP contribution >= 0.6 is 46.6 Å². The van der Waals surface area contributed by atoms with Gasteiger partial charge in [-0.3, -0.25) is 4.79 Å². The topological polar surface area (TPSA) is 59.8 Å². The zero-order valence-electron chi connectivity index (χ0n) is 16.1. The van der Waals surface area contributed by atoms with Crippen LogP contribution < -0.4 is 5.32 Å². The quantitative estimate of drug-likeness (QED) is 0.405. The number of benzene rings is 2. The summed E-state index contributed by atoms with van der Waals surface area (Å²) in [5.41, 5.74) is 1.76. The molecule has 1 aliphatic carbocycles. The van der Waals surface area contributed by atoms with E-state index in [1.807, 2.05) is 12.1 Å². The molecule has 1 N–H and O–H groups in total. The van der Waals surface area contributed by atoms with Crippen LogP contribution in [0.1, 0.15) is 36.6 Å². The van der Waals surface area contributed by atoms with Crippen molar-refractivity contribution >= 4 is 58.2 Å². The Hall–Kier alpha value is -1.73. The van der Waals surface area contributed by atoms with Gasteiger partial charge in [-0.15, -0.1) is 10.2 Å². The van der Waals surface area contributed by atoms with Crippen molar-refractivity contribution < 1.29 is 4.79 Å². The average Bonchev–Trinajstić information content (AvgIpc) is 3.41. The molecule has 0 unspecified atom stereocenters. The van der Waals surface area contributed by atoms with Gasteiger partial charge in [-0.05, 0) is 55.2 Å². The van der Waals surface area contributed by atoms with Crippen molar-refractivity contribution in [3.8, 4) is 0 Å². The Morgan fingerprint density at radius 3 is 2.57 bits per heavy atom. The third-order valence-corrected chi connectivity index (χ3v) is 6.80. The van der Waals surface area contributed by atoms with Crippen LogP contribution in [-0.4, -0.2) is 26.4 Å². The molecule has 2 aromatic carbocycles. The van der Waals surface area contributed by atoms with Gasteiger partial charge in [0.2, 0.25) is 5.91 Å². The SMILES string of the molecule is CCn1c(SCC(=O)Nc2cc(Cl)ccc2Cl)nnc1[C@@H]1C[C@H]1c1ccc(Cl)cc1. The molecule has 0 bridgehead atoms. The van der Waals surface area contributed by atoms with E-state index in [0.29, 0.717) is 27.6 Å². The Labute approximate surface area is 194 Å². The zero-order chi connectivity index (χ0) is 21.3. The van der Waals surface area contributed by atoms with Crippen LogP contribution in [0.25, 0.3) is 0 Å². The highest BCUT2D eigenvalue weighted by atomic mass is 35.5. The number of aromatic nitrogens is 3. The van der Waals surface area contributed by atoms with Crippen molar-refractivity contribution in [2.45, 2.75) is 36.9 Å². The molecule has 1 aliphatic rings. The summed E-state index contributed by atoms with van der Waals surface area (Å²) in [5.74, 6) is 1.77. The summed E-state index contributed by atoms with van der Waals surface area (Å²) in [4.78, 5) is 12.4. The molecular formula is C21H19Cl3N4OS. The lowest BCUT2D eigenvalue weighted by molar-refractivity contribution is -0.113. The minimum Gasteiger partial charge on any atom is -0.324 e. The molecule has 30 heavy (non-hydrogen) atoms. The number of carbonyl (C=O) groups excluding carboxylic acids is 1. The molecule has 5 nitrogen and oxygen atoms in total. The van der Waals surface area contributed by atoms with Crippen molar-refractivity contribution in [1.29, 1.82) is 0 Å². The van der Waals surface area contributed by atoms with Crippen LogP contribution in [0.3, 0.4) is 0 Å². The van der Waals surface area contributed by atoms with Crippen molar-refractivity contribution in [2.24, 2.45) is 0 Å². The first-order valence-electron chi connectivity index (χ1n) is 9.52. The molecule has 1 fully saturated rings. The van der Waals surface area contributed by atoms with E-state index in [9.17, 15) is 4.79 Å². The number of halogens is 3. The molecule has 0 radical (unpaired) electrons. The van der Waals surface area contributed by atoms with E-state index >= 15 is 0 Å². The Morgan fingerprint density at radius 2 is 1.83 bits per heavy atom. The number of thioether (sulfide) groups is 1. The standard InChI is InChI=1S/C21H19Cl3N4OS/c1-2-28-20(16-10-15(16)12-3-5-13(22)6-4-12)26-27-21(28)30-11-19(29)25-18-9-14(23)7-8-17(18)24/h3-9,15-16H,2,10-11H2,1H3,(H,25,29)/t15-,16+/m0/s1. The highest BCUT2D eigenvalue weighted by Crippen LogP contribution is 2.54. The van der Waals surface area contributed by atoms with Crippen molar-refractivity contribution in [3.63, 3.8) is 0 Å². The first-order chi connectivity index (χ1) is 14.5. The molecule has 1 amide bonds. The van der Waals surface area contributed by atoms with Crippen LogP contribution in [0.2, 0.25) is 15.1 Å². The maximum absolute atomic E-state index is 12.4. The zero-order valence-corrected chi connectivity index (χ0v) is 19.2. The summed E-state index contributed by atoms with van der Waals surface area (Å²) in [6.45, 7) is 2.80. The molecule has 9 heteroatoms. The van der Waals surface area contributed by atoms with Crippen LogP contribution in [0.15, 0.2) is 47.6 Å². The van der Waals surface area contributed by atoms with Crippen LogP contribution in [0.5, 0.6) is 0 Å². The van der Waals surface area contributed by atoms with Gasteiger partial charge < -0.3 is 9.88 Å².